The maximum Gasteiger partial charge on any atom is 0.338 e. The van der Waals surface area contributed by atoms with Crippen LogP contribution in [0.15, 0.2) is 24.3 Å². The molecular weight excluding hydrogens is 276 g/mol. The fraction of sp³-hybridized carbons (Fsp3) is 0.632. The van der Waals surface area contributed by atoms with Crippen LogP contribution in [0.1, 0.15) is 75.1 Å². The van der Waals surface area contributed by atoms with Gasteiger partial charge >= 0.3 is 5.97 Å². The second-order valence-electron chi connectivity index (χ2n) is 5.70. The van der Waals surface area contributed by atoms with Crippen molar-refractivity contribution >= 4 is 5.97 Å². The minimum absolute atomic E-state index is 0.265. The molecule has 0 radical (unpaired) electrons. The molecule has 0 saturated heterocycles. The average molecular weight is 306 g/mol. The van der Waals surface area contributed by atoms with Gasteiger partial charge in [0.15, 0.2) is 0 Å². The van der Waals surface area contributed by atoms with Gasteiger partial charge in [-0.1, -0.05) is 64.4 Å². The highest BCUT2D eigenvalue weighted by atomic mass is 16.5. The third kappa shape index (κ3) is 8.06. The minimum Gasteiger partial charge on any atom is -0.497 e. The summed E-state index contributed by atoms with van der Waals surface area (Å²) in [4.78, 5) is 11.9. The largest absolute Gasteiger partial charge is 0.497 e. The van der Waals surface area contributed by atoms with Gasteiger partial charge in [-0.15, -0.1) is 0 Å². The lowest BCUT2D eigenvalue weighted by atomic mass is 10.1. The Morgan fingerprint density at radius 1 is 0.955 bits per heavy atom. The molecule has 22 heavy (non-hydrogen) atoms. The van der Waals surface area contributed by atoms with E-state index in [0.717, 1.165) is 12.8 Å². The molecule has 0 amide bonds. The number of carbonyl (C=O) groups excluding carboxylic acids is 1. The van der Waals surface area contributed by atoms with Crippen LogP contribution in [0.2, 0.25) is 0 Å². The Morgan fingerprint density at radius 3 is 2.23 bits per heavy atom. The third-order valence-electron chi connectivity index (χ3n) is 3.79. The molecule has 3 nitrogen and oxygen atoms in total. The summed E-state index contributed by atoms with van der Waals surface area (Å²) in [7, 11) is 1.59. The first-order valence-corrected chi connectivity index (χ1v) is 8.59. The predicted molar refractivity (Wildman–Crippen MR) is 90.5 cm³/mol. The molecule has 124 valence electrons. The van der Waals surface area contributed by atoms with E-state index in [1.165, 1.54) is 44.9 Å². The van der Waals surface area contributed by atoms with Gasteiger partial charge in [0.2, 0.25) is 0 Å². The predicted octanol–water partition coefficient (Wildman–Crippen LogP) is 5.38. The van der Waals surface area contributed by atoms with Crippen molar-refractivity contribution in [2.75, 3.05) is 13.7 Å². The van der Waals surface area contributed by atoms with Crippen LogP contribution >= 0.6 is 0 Å². The molecule has 1 aromatic carbocycles. The zero-order chi connectivity index (χ0) is 16.0. The van der Waals surface area contributed by atoms with Gasteiger partial charge in [-0.2, -0.15) is 0 Å². The molecule has 1 rings (SSSR count). The van der Waals surface area contributed by atoms with Crippen LogP contribution < -0.4 is 4.74 Å². The molecular formula is C19H30O3. The number of unbranched alkanes of at least 4 members (excludes halogenated alkanes) is 8. The zero-order valence-corrected chi connectivity index (χ0v) is 14.1. The Hall–Kier alpha value is -1.51. The van der Waals surface area contributed by atoms with E-state index in [9.17, 15) is 4.79 Å². The third-order valence-corrected chi connectivity index (χ3v) is 3.79. The van der Waals surface area contributed by atoms with Gasteiger partial charge in [-0.25, -0.2) is 4.79 Å². The Labute approximate surface area is 135 Å². The van der Waals surface area contributed by atoms with Crippen LogP contribution in [0.5, 0.6) is 5.75 Å². The summed E-state index contributed by atoms with van der Waals surface area (Å²) >= 11 is 0. The first kappa shape index (κ1) is 18.5. The quantitative estimate of drug-likeness (QED) is 0.384. The first-order valence-electron chi connectivity index (χ1n) is 8.59. The minimum atomic E-state index is -0.265. The maximum absolute atomic E-state index is 11.9. The smallest absolute Gasteiger partial charge is 0.338 e. The maximum atomic E-state index is 11.9. The molecule has 0 heterocycles. The lowest BCUT2D eigenvalue weighted by Crippen LogP contribution is -2.06. The average Bonchev–Trinajstić information content (AvgIpc) is 2.56. The van der Waals surface area contributed by atoms with Crippen LogP contribution in [0.25, 0.3) is 0 Å². The highest BCUT2D eigenvalue weighted by molar-refractivity contribution is 5.89. The highest BCUT2D eigenvalue weighted by Crippen LogP contribution is 2.14. The summed E-state index contributed by atoms with van der Waals surface area (Å²) < 4.78 is 10.4. The van der Waals surface area contributed by atoms with Crippen molar-refractivity contribution in [3.63, 3.8) is 0 Å². The molecule has 0 N–H and O–H groups in total. The van der Waals surface area contributed by atoms with E-state index >= 15 is 0 Å². The number of hydrogen-bond donors (Lipinski definition) is 0. The highest BCUT2D eigenvalue weighted by Gasteiger charge is 2.07. The first-order chi connectivity index (χ1) is 10.8. The van der Waals surface area contributed by atoms with Crippen LogP contribution in [0.4, 0.5) is 0 Å². The van der Waals surface area contributed by atoms with Crippen molar-refractivity contribution in [1.29, 1.82) is 0 Å². The van der Waals surface area contributed by atoms with E-state index < -0.39 is 0 Å². The van der Waals surface area contributed by atoms with Crippen molar-refractivity contribution in [3.8, 4) is 5.75 Å². The molecule has 0 aliphatic heterocycles. The summed E-state index contributed by atoms with van der Waals surface area (Å²) in [5.74, 6) is 0.413. The van der Waals surface area contributed by atoms with Gasteiger partial charge in [0.25, 0.3) is 0 Å². The van der Waals surface area contributed by atoms with Crippen molar-refractivity contribution in [3.05, 3.63) is 29.8 Å². The zero-order valence-electron chi connectivity index (χ0n) is 14.1. The summed E-state index contributed by atoms with van der Waals surface area (Å²) in [5, 5.41) is 0. The fourth-order valence-electron chi connectivity index (χ4n) is 2.41. The van der Waals surface area contributed by atoms with E-state index in [0.29, 0.717) is 17.9 Å². The Morgan fingerprint density at radius 2 is 1.59 bits per heavy atom. The monoisotopic (exact) mass is 306 g/mol. The van der Waals surface area contributed by atoms with Gasteiger partial charge in [0.05, 0.1) is 19.3 Å². The lowest BCUT2D eigenvalue weighted by molar-refractivity contribution is 0.0497. The molecule has 0 aliphatic rings. The molecule has 1 aromatic rings. The standard InChI is InChI=1S/C19H30O3/c1-3-4-5-6-7-8-9-10-11-15-22-19(20)17-13-12-14-18(16-17)21-2/h12-14,16H,3-11,15H2,1-2H3. The van der Waals surface area contributed by atoms with Gasteiger partial charge in [0.1, 0.15) is 5.75 Å². The molecule has 0 bridgehead atoms. The Bertz CT molecular complexity index is 415. The lowest BCUT2D eigenvalue weighted by Gasteiger charge is -2.06. The number of ether oxygens (including phenoxy) is 2. The van der Waals surface area contributed by atoms with E-state index in [2.05, 4.69) is 6.92 Å². The number of benzene rings is 1. The number of hydrogen-bond acceptors (Lipinski definition) is 3. The molecule has 0 fully saturated rings. The molecule has 3 heteroatoms. The fourth-order valence-corrected chi connectivity index (χ4v) is 2.41. The van der Waals surface area contributed by atoms with Gasteiger partial charge in [0, 0.05) is 0 Å². The van der Waals surface area contributed by atoms with Crippen molar-refractivity contribution in [1.82, 2.24) is 0 Å². The van der Waals surface area contributed by atoms with Gasteiger partial charge in [-0.05, 0) is 24.6 Å². The molecule has 0 aliphatic carbocycles. The second-order valence-corrected chi connectivity index (χ2v) is 5.70. The molecule has 0 atom stereocenters. The van der Waals surface area contributed by atoms with Crippen LogP contribution in [-0.4, -0.2) is 19.7 Å². The molecule has 0 unspecified atom stereocenters. The molecule has 0 spiro atoms. The van der Waals surface area contributed by atoms with E-state index in [4.69, 9.17) is 9.47 Å². The van der Waals surface area contributed by atoms with Crippen LogP contribution in [0, 0.1) is 0 Å². The number of rotatable bonds is 12. The second kappa shape index (κ2) is 12.1. The van der Waals surface area contributed by atoms with E-state index in [1.807, 2.05) is 6.07 Å². The number of carbonyl (C=O) groups is 1. The number of esters is 1. The summed E-state index contributed by atoms with van der Waals surface area (Å²) in [5.41, 5.74) is 0.551. The van der Waals surface area contributed by atoms with E-state index in [1.54, 1.807) is 25.3 Å². The van der Waals surface area contributed by atoms with Crippen molar-refractivity contribution < 1.29 is 14.3 Å². The SMILES string of the molecule is CCCCCCCCCCCOC(=O)c1cccc(OC)c1. The van der Waals surface area contributed by atoms with Gasteiger partial charge in [-0.3, -0.25) is 0 Å². The molecule has 0 saturated carbocycles. The van der Waals surface area contributed by atoms with Crippen molar-refractivity contribution in [2.24, 2.45) is 0 Å². The normalized spacial score (nSPS) is 10.5. The Kier molecular flexibility index (Phi) is 10.2. The van der Waals surface area contributed by atoms with Crippen LogP contribution in [0.3, 0.4) is 0 Å². The van der Waals surface area contributed by atoms with Gasteiger partial charge < -0.3 is 9.47 Å². The molecule has 0 aromatic heterocycles. The van der Waals surface area contributed by atoms with Crippen molar-refractivity contribution in [2.45, 2.75) is 64.7 Å². The van der Waals surface area contributed by atoms with Crippen LogP contribution in [-0.2, 0) is 4.74 Å². The van der Waals surface area contributed by atoms with E-state index in [-0.39, 0.29) is 5.97 Å². The Balaban J connectivity index is 2.03. The topological polar surface area (TPSA) is 35.5 Å². The summed E-state index contributed by atoms with van der Waals surface area (Å²) in [6.07, 6.45) is 11.4. The summed E-state index contributed by atoms with van der Waals surface area (Å²) in [6.45, 7) is 2.75. The summed E-state index contributed by atoms with van der Waals surface area (Å²) in [6, 6.07) is 7.07. The number of methoxy groups -OCH3 is 1.